The molecule has 1 fully saturated rings. The third-order valence-corrected chi connectivity index (χ3v) is 11.5. The van der Waals surface area contributed by atoms with Crippen LogP contribution in [-0.4, -0.2) is 76.9 Å². The molecule has 1 saturated carbocycles. The van der Waals surface area contributed by atoms with Gasteiger partial charge in [-0.2, -0.15) is 0 Å². The van der Waals surface area contributed by atoms with Gasteiger partial charge in [0.2, 0.25) is 23.6 Å². The molecule has 4 atom stereocenters. The first-order valence-electron chi connectivity index (χ1n) is 19.7. The number of amides is 5. The van der Waals surface area contributed by atoms with Crippen LogP contribution in [0.1, 0.15) is 34.4 Å². The maximum Gasteiger partial charge on any atom is 0.329 e. The Hall–Kier alpha value is -6.80. The van der Waals surface area contributed by atoms with Crippen molar-refractivity contribution in [2.24, 2.45) is 0 Å². The van der Waals surface area contributed by atoms with Gasteiger partial charge >= 0.3 is 5.97 Å². The SMILES string of the molecule is O=C1COc2ccc(cc2)C[C@@H](C(=O)NC2(C(=O)O)CC2)NC(=O)[C@H](Cc2ccccc2)NC(=O)[C@@H](Cc2ccc(-c3ccccc3)cc2)NC(=O)[C@H](Cc2cccs2)N1. The number of hydrogen-bond acceptors (Lipinski definition) is 8. The lowest BCUT2D eigenvalue weighted by atomic mass is 9.99. The predicted octanol–water partition coefficient (Wildman–Crippen LogP) is 3.75. The van der Waals surface area contributed by atoms with Crippen molar-refractivity contribution in [3.05, 3.63) is 148 Å². The molecule has 8 rings (SSSR count). The maximum absolute atomic E-state index is 14.5. The minimum atomic E-state index is -1.42. The second-order valence-electron chi connectivity index (χ2n) is 15.1. The summed E-state index contributed by atoms with van der Waals surface area (Å²) in [5.41, 5.74) is 2.59. The van der Waals surface area contributed by atoms with E-state index in [2.05, 4.69) is 26.6 Å². The van der Waals surface area contributed by atoms with Crippen molar-refractivity contribution in [3.8, 4) is 16.9 Å². The summed E-state index contributed by atoms with van der Waals surface area (Å²) in [6.45, 7) is -0.412. The summed E-state index contributed by atoms with van der Waals surface area (Å²) in [6, 6.07) is 31.9. The lowest BCUT2D eigenvalue weighted by molar-refractivity contribution is -0.143. The number of carboxylic acid groups (broad SMARTS) is 1. The molecule has 3 heterocycles. The Morgan fingerprint density at radius 3 is 1.80 bits per heavy atom. The second kappa shape index (κ2) is 18.9. The number of carboxylic acids is 1. The number of hydrogen-bond donors (Lipinski definition) is 6. The van der Waals surface area contributed by atoms with E-state index in [0.29, 0.717) is 16.9 Å². The summed E-state index contributed by atoms with van der Waals surface area (Å²) in [6.07, 6.45) is 0.680. The van der Waals surface area contributed by atoms with Crippen LogP contribution in [0.25, 0.3) is 11.1 Å². The molecule has 5 aromatic rings. The molecule has 2 aliphatic heterocycles. The van der Waals surface area contributed by atoms with Crippen LogP contribution in [0.15, 0.2) is 127 Å². The molecular formula is C46H45N5O8S. The first-order valence-corrected chi connectivity index (χ1v) is 20.6. The van der Waals surface area contributed by atoms with E-state index in [1.54, 1.807) is 48.5 Å². The van der Waals surface area contributed by atoms with Gasteiger partial charge in [-0.15, -0.1) is 11.3 Å². The zero-order valence-electron chi connectivity index (χ0n) is 32.6. The van der Waals surface area contributed by atoms with Crippen molar-refractivity contribution in [2.45, 2.75) is 68.2 Å². The number of fused-ring (bicyclic) bond motifs is 16. The van der Waals surface area contributed by atoms with Gasteiger partial charge in [-0.1, -0.05) is 103 Å². The Kier molecular flexibility index (Phi) is 13.0. The van der Waals surface area contributed by atoms with Crippen LogP contribution in [0.4, 0.5) is 0 Å². The summed E-state index contributed by atoms with van der Waals surface area (Å²) in [5, 5.41) is 25.6. The number of ether oxygens (including phenoxy) is 1. The predicted molar refractivity (Wildman–Crippen MR) is 225 cm³/mol. The van der Waals surface area contributed by atoms with Crippen LogP contribution in [0, 0.1) is 0 Å². The smallest absolute Gasteiger partial charge is 0.329 e. The zero-order chi connectivity index (χ0) is 42.1. The molecule has 4 aromatic carbocycles. The van der Waals surface area contributed by atoms with Crippen LogP contribution in [-0.2, 0) is 54.5 Å². The normalized spacial score (nSPS) is 20.7. The number of aliphatic carboxylic acids is 1. The van der Waals surface area contributed by atoms with Crippen LogP contribution in [0.5, 0.6) is 5.75 Å². The molecule has 5 amide bonds. The fourth-order valence-corrected chi connectivity index (χ4v) is 7.77. The molecule has 14 heteroatoms. The summed E-state index contributed by atoms with van der Waals surface area (Å²) in [5.74, 6) is -4.06. The van der Waals surface area contributed by atoms with Crippen LogP contribution in [0.2, 0.25) is 0 Å². The Labute approximate surface area is 350 Å². The molecule has 3 aliphatic rings. The third kappa shape index (κ3) is 10.8. The van der Waals surface area contributed by atoms with Gasteiger partial charge in [0.1, 0.15) is 35.5 Å². The van der Waals surface area contributed by atoms with Crippen molar-refractivity contribution in [1.29, 1.82) is 0 Å². The van der Waals surface area contributed by atoms with E-state index in [9.17, 15) is 33.9 Å². The first kappa shape index (κ1) is 41.4. The highest BCUT2D eigenvalue weighted by Crippen LogP contribution is 2.35. The lowest BCUT2D eigenvalue weighted by Gasteiger charge is -2.27. The van der Waals surface area contributed by atoms with E-state index in [4.69, 9.17) is 4.74 Å². The van der Waals surface area contributed by atoms with E-state index in [0.717, 1.165) is 21.6 Å². The highest BCUT2D eigenvalue weighted by Gasteiger charge is 2.52. The van der Waals surface area contributed by atoms with Gasteiger partial charge in [0.25, 0.3) is 5.91 Å². The van der Waals surface area contributed by atoms with Gasteiger partial charge in [0, 0.05) is 30.6 Å². The number of carbonyl (C=O) groups is 6. The largest absolute Gasteiger partial charge is 0.484 e. The molecule has 2 bridgehead atoms. The molecule has 0 radical (unpaired) electrons. The van der Waals surface area contributed by atoms with Crippen LogP contribution < -0.4 is 31.3 Å². The quantitative estimate of drug-likeness (QED) is 0.115. The Bertz CT molecular complexity index is 2300. The van der Waals surface area contributed by atoms with Gasteiger partial charge < -0.3 is 36.4 Å². The van der Waals surface area contributed by atoms with Crippen molar-refractivity contribution >= 4 is 46.8 Å². The maximum atomic E-state index is 14.5. The molecule has 1 aliphatic carbocycles. The fraction of sp³-hybridized carbons (Fsp3) is 0.261. The Morgan fingerprint density at radius 2 is 1.22 bits per heavy atom. The minimum absolute atomic E-state index is 0.0257. The highest BCUT2D eigenvalue weighted by atomic mass is 32.1. The van der Waals surface area contributed by atoms with Crippen molar-refractivity contribution in [1.82, 2.24) is 26.6 Å². The summed E-state index contributed by atoms with van der Waals surface area (Å²) >= 11 is 1.42. The number of benzene rings is 4. The summed E-state index contributed by atoms with van der Waals surface area (Å²) in [7, 11) is 0. The molecular weight excluding hydrogens is 783 g/mol. The van der Waals surface area contributed by atoms with Crippen molar-refractivity contribution in [3.63, 3.8) is 0 Å². The van der Waals surface area contributed by atoms with Crippen LogP contribution in [0.3, 0.4) is 0 Å². The van der Waals surface area contributed by atoms with E-state index in [1.807, 2.05) is 78.2 Å². The van der Waals surface area contributed by atoms with Crippen molar-refractivity contribution < 1.29 is 38.6 Å². The molecule has 6 N–H and O–H groups in total. The number of rotatable bonds is 10. The number of thiophene rings is 1. The summed E-state index contributed by atoms with van der Waals surface area (Å²) in [4.78, 5) is 83.1. The first-order chi connectivity index (χ1) is 29.0. The Morgan fingerprint density at radius 1 is 0.650 bits per heavy atom. The van der Waals surface area contributed by atoms with Gasteiger partial charge in [-0.3, -0.25) is 24.0 Å². The molecule has 60 heavy (non-hydrogen) atoms. The van der Waals surface area contributed by atoms with Crippen LogP contribution >= 0.6 is 11.3 Å². The summed E-state index contributed by atoms with van der Waals surface area (Å²) < 4.78 is 5.76. The molecule has 308 valence electrons. The fourth-order valence-electron chi connectivity index (χ4n) is 7.02. The minimum Gasteiger partial charge on any atom is -0.484 e. The van der Waals surface area contributed by atoms with Gasteiger partial charge in [-0.25, -0.2) is 4.79 Å². The van der Waals surface area contributed by atoms with E-state index in [-0.39, 0.29) is 38.5 Å². The Balaban J connectivity index is 1.22. The zero-order valence-corrected chi connectivity index (χ0v) is 33.4. The van der Waals surface area contributed by atoms with Crippen molar-refractivity contribution in [2.75, 3.05) is 6.61 Å². The number of nitrogens with one attached hydrogen (secondary N) is 5. The average molecular weight is 828 g/mol. The monoisotopic (exact) mass is 827 g/mol. The third-order valence-electron chi connectivity index (χ3n) is 10.6. The van der Waals surface area contributed by atoms with Gasteiger partial charge in [0.15, 0.2) is 6.61 Å². The van der Waals surface area contributed by atoms with E-state index < -0.39 is 71.8 Å². The molecule has 13 nitrogen and oxygen atoms in total. The molecule has 1 aromatic heterocycles. The average Bonchev–Trinajstić information content (AvgIpc) is 3.86. The molecule has 0 unspecified atom stereocenters. The number of carbonyl (C=O) groups excluding carboxylic acids is 5. The second-order valence-corrected chi connectivity index (χ2v) is 16.1. The van der Waals surface area contributed by atoms with E-state index in [1.165, 1.54) is 11.3 Å². The standard InChI is InChI=1S/C46H45N5O8S/c52-40-28-59-34-19-15-31(16-20-34)26-38(44(56)51-46(21-22-46)45(57)58)50-42(54)36(24-29-8-3-1-4-9-29)48-41(53)37(49-43(55)39(47-40)27-35-12-7-23-60-35)25-30-13-17-33(18-14-30)32-10-5-2-6-11-32/h1-20,23,36-39H,21-22,24-28H2,(H,47,52)(H,48,53)(H,49,55)(H,50,54)(H,51,56)(H,57,58)/t36-,37+,38-,39-/m0/s1. The van der Waals surface area contributed by atoms with Gasteiger partial charge in [-0.05, 0) is 64.2 Å². The lowest BCUT2D eigenvalue weighted by Crippen LogP contribution is -2.60. The molecule has 0 spiro atoms. The highest BCUT2D eigenvalue weighted by molar-refractivity contribution is 7.09. The van der Waals surface area contributed by atoms with E-state index >= 15 is 0 Å². The topological polar surface area (TPSA) is 192 Å². The van der Waals surface area contributed by atoms with Gasteiger partial charge in [0.05, 0.1) is 0 Å². The molecule has 0 saturated heterocycles.